The molecule has 1 amide bonds. The predicted molar refractivity (Wildman–Crippen MR) is 87.2 cm³/mol. The van der Waals surface area contributed by atoms with Crippen LogP contribution in [0.15, 0.2) is 4.99 Å². The van der Waals surface area contributed by atoms with Gasteiger partial charge in [0.1, 0.15) is 6.04 Å². The number of nitrogens with one attached hydrogen (secondary N) is 1. The molecule has 0 aliphatic rings. The number of nitrogens with two attached hydrogens (primary N) is 2. The molecule has 0 unspecified atom stereocenters. The average Bonchev–Trinajstić information content (AvgIpc) is 2.47. The molecular formula is C15H30N4O3. The van der Waals surface area contributed by atoms with Crippen LogP contribution in [-0.2, 0) is 14.3 Å². The van der Waals surface area contributed by atoms with Crippen molar-refractivity contribution >= 4 is 17.8 Å². The summed E-state index contributed by atoms with van der Waals surface area (Å²) in [5.74, 6) is -0.488. The Morgan fingerprint density at radius 1 is 1.14 bits per heavy atom. The number of nitrogens with zero attached hydrogens (tertiary/aromatic N) is 1. The van der Waals surface area contributed by atoms with Crippen molar-refractivity contribution in [3.63, 3.8) is 0 Å². The molecule has 7 nitrogen and oxygen atoms in total. The highest BCUT2D eigenvalue weighted by molar-refractivity contribution is 5.84. The van der Waals surface area contributed by atoms with Gasteiger partial charge in [-0.05, 0) is 25.7 Å². The van der Waals surface area contributed by atoms with Crippen LogP contribution in [0.25, 0.3) is 0 Å². The van der Waals surface area contributed by atoms with Crippen LogP contribution in [0.1, 0.15) is 58.8 Å². The number of carbonyl (C=O) groups excluding carboxylic acids is 2. The van der Waals surface area contributed by atoms with E-state index in [4.69, 9.17) is 16.2 Å². The second kappa shape index (κ2) is 12.9. The fourth-order valence-corrected chi connectivity index (χ4v) is 1.86. The Morgan fingerprint density at radius 3 is 2.45 bits per heavy atom. The van der Waals surface area contributed by atoms with Gasteiger partial charge in [0.05, 0.1) is 6.61 Å². The van der Waals surface area contributed by atoms with Crippen LogP contribution in [0, 0.1) is 0 Å². The molecule has 0 aromatic heterocycles. The number of hydrogen-bond donors (Lipinski definition) is 3. The first-order chi connectivity index (χ1) is 10.5. The maximum Gasteiger partial charge on any atom is 0.328 e. The maximum atomic E-state index is 12.0. The van der Waals surface area contributed by atoms with Gasteiger partial charge in [0.25, 0.3) is 0 Å². The Labute approximate surface area is 132 Å². The molecule has 0 aromatic carbocycles. The van der Waals surface area contributed by atoms with E-state index in [2.05, 4.69) is 17.2 Å². The van der Waals surface area contributed by atoms with Crippen molar-refractivity contribution in [1.82, 2.24) is 5.32 Å². The molecule has 5 N–H and O–H groups in total. The van der Waals surface area contributed by atoms with Crippen LogP contribution in [0.5, 0.6) is 0 Å². The third-order valence-electron chi connectivity index (χ3n) is 3.02. The second-order valence-corrected chi connectivity index (χ2v) is 5.19. The molecular weight excluding hydrogens is 284 g/mol. The van der Waals surface area contributed by atoms with Crippen LogP contribution in [0.2, 0.25) is 0 Å². The molecule has 128 valence electrons. The summed E-state index contributed by atoms with van der Waals surface area (Å²) in [6, 6.07) is -0.630. The van der Waals surface area contributed by atoms with Crippen molar-refractivity contribution < 1.29 is 14.3 Å². The number of unbranched alkanes of at least 4 members (excludes halogenated alkanes) is 2. The minimum absolute atomic E-state index is 0.0220. The van der Waals surface area contributed by atoms with E-state index in [0.29, 0.717) is 32.4 Å². The first-order valence-electron chi connectivity index (χ1n) is 8.02. The molecule has 0 saturated carbocycles. The van der Waals surface area contributed by atoms with Gasteiger partial charge < -0.3 is 21.5 Å². The zero-order valence-corrected chi connectivity index (χ0v) is 13.8. The Hall–Kier alpha value is -1.79. The van der Waals surface area contributed by atoms with Crippen LogP contribution in [0.4, 0.5) is 0 Å². The molecule has 0 aliphatic carbocycles. The third kappa shape index (κ3) is 10.9. The van der Waals surface area contributed by atoms with Crippen molar-refractivity contribution in [1.29, 1.82) is 0 Å². The fraction of sp³-hybridized carbons (Fsp3) is 0.800. The highest BCUT2D eigenvalue weighted by Gasteiger charge is 2.21. The summed E-state index contributed by atoms with van der Waals surface area (Å²) >= 11 is 0. The van der Waals surface area contributed by atoms with Gasteiger partial charge in [0.2, 0.25) is 5.91 Å². The summed E-state index contributed by atoms with van der Waals surface area (Å²) in [6.45, 7) is 4.78. The van der Waals surface area contributed by atoms with E-state index in [9.17, 15) is 9.59 Å². The highest BCUT2D eigenvalue weighted by Crippen LogP contribution is 2.04. The van der Waals surface area contributed by atoms with E-state index in [1.54, 1.807) is 0 Å². The molecule has 0 saturated heterocycles. The Morgan fingerprint density at radius 2 is 1.86 bits per heavy atom. The summed E-state index contributed by atoms with van der Waals surface area (Å²) in [6.07, 6.45) is 5.11. The van der Waals surface area contributed by atoms with Crippen LogP contribution < -0.4 is 16.8 Å². The minimum atomic E-state index is -0.630. The number of hydrogen-bond acceptors (Lipinski definition) is 4. The van der Waals surface area contributed by atoms with Gasteiger partial charge >= 0.3 is 5.97 Å². The van der Waals surface area contributed by atoms with E-state index in [-0.39, 0.29) is 11.9 Å². The first-order valence-corrected chi connectivity index (χ1v) is 8.02. The van der Waals surface area contributed by atoms with Gasteiger partial charge in [-0.25, -0.2) is 4.79 Å². The van der Waals surface area contributed by atoms with E-state index in [0.717, 1.165) is 25.7 Å². The lowest BCUT2D eigenvalue weighted by atomic mass is 10.1. The number of esters is 1. The molecule has 22 heavy (non-hydrogen) atoms. The van der Waals surface area contributed by atoms with Gasteiger partial charge in [-0.1, -0.05) is 26.7 Å². The summed E-state index contributed by atoms with van der Waals surface area (Å²) in [5, 5.41) is 2.75. The third-order valence-corrected chi connectivity index (χ3v) is 3.02. The lowest BCUT2D eigenvalue weighted by Crippen LogP contribution is -2.42. The van der Waals surface area contributed by atoms with Gasteiger partial charge in [0, 0.05) is 13.0 Å². The number of amides is 1. The summed E-state index contributed by atoms with van der Waals surface area (Å²) in [5.41, 5.74) is 10.5. The van der Waals surface area contributed by atoms with E-state index < -0.39 is 12.0 Å². The quantitative estimate of drug-likeness (QED) is 0.215. The Kier molecular flexibility index (Phi) is 11.9. The van der Waals surface area contributed by atoms with Crippen LogP contribution >= 0.6 is 0 Å². The molecule has 0 bridgehead atoms. The van der Waals surface area contributed by atoms with Gasteiger partial charge in [0.15, 0.2) is 5.96 Å². The monoisotopic (exact) mass is 314 g/mol. The summed E-state index contributed by atoms with van der Waals surface area (Å²) in [7, 11) is 0. The van der Waals surface area contributed by atoms with E-state index >= 15 is 0 Å². The molecule has 0 aliphatic heterocycles. The largest absolute Gasteiger partial charge is 0.464 e. The van der Waals surface area contributed by atoms with Crippen molar-refractivity contribution in [2.45, 2.75) is 64.8 Å². The molecule has 0 aromatic rings. The number of carbonyl (C=O) groups is 2. The van der Waals surface area contributed by atoms with E-state index in [1.165, 1.54) is 0 Å². The summed E-state index contributed by atoms with van der Waals surface area (Å²) < 4.78 is 5.12. The molecule has 0 spiro atoms. The number of guanidine groups is 1. The summed E-state index contributed by atoms with van der Waals surface area (Å²) in [4.78, 5) is 27.7. The smallest absolute Gasteiger partial charge is 0.328 e. The number of ether oxygens (including phenoxy) is 1. The first kappa shape index (κ1) is 20.2. The second-order valence-electron chi connectivity index (χ2n) is 5.19. The van der Waals surface area contributed by atoms with E-state index in [1.807, 2.05) is 6.92 Å². The molecule has 0 fully saturated rings. The lowest BCUT2D eigenvalue weighted by molar-refractivity contribution is -0.148. The average molecular weight is 314 g/mol. The Balaban J connectivity index is 4.34. The SMILES string of the molecule is CCCCCC(=O)N[C@@H](CCCN=C(N)N)C(=O)OCCC. The van der Waals surface area contributed by atoms with Gasteiger partial charge in [-0.15, -0.1) is 0 Å². The van der Waals surface area contributed by atoms with Crippen molar-refractivity contribution in [3.05, 3.63) is 0 Å². The predicted octanol–water partition coefficient (Wildman–Crippen LogP) is 1.06. The van der Waals surface area contributed by atoms with Gasteiger partial charge in [-0.3, -0.25) is 9.79 Å². The lowest BCUT2D eigenvalue weighted by Gasteiger charge is -2.17. The Bertz CT molecular complexity index is 355. The van der Waals surface area contributed by atoms with Crippen molar-refractivity contribution in [2.75, 3.05) is 13.2 Å². The zero-order chi connectivity index (χ0) is 16.8. The molecule has 0 radical (unpaired) electrons. The maximum absolute atomic E-state index is 12.0. The standard InChI is InChI=1S/C15H30N4O3/c1-3-5-6-9-13(20)19-12(14(21)22-11-4-2)8-7-10-18-15(16)17/h12H,3-11H2,1-2H3,(H,19,20)(H4,16,17,18)/t12-/m0/s1. The van der Waals surface area contributed by atoms with Crippen LogP contribution in [-0.4, -0.2) is 37.0 Å². The van der Waals surface area contributed by atoms with Gasteiger partial charge in [-0.2, -0.15) is 0 Å². The minimum Gasteiger partial charge on any atom is -0.464 e. The zero-order valence-electron chi connectivity index (χ0n) is 13.8. The molecule has 1 atom stereocenters. The number of aliphatic imine (C=N–C) groups is 1. The van der Waals surface area contributed by atoms with Crippen molar-refractivity contribution in [3.8, 4) is 0 Å². The van der Waals surface area contributed by atoms with Crippen molar-refractivity contribution in [2.24, 2.45) is 16.5 Å². The molecule has 7 heteroatoms. The molecule has 0 heterocycles. The highest BCUT2D eigenvalue weighted by atomic mass is 16.5. The topological polar surface area (TPSA) is 120 Å². The van der Waals surface area contributed by atoms with Crippen LogP contribution in [0.3, 0.4) is 0 Å². The molecule has 0 rings (SSSR count). The fourth-order valence-electron chi connectivity index (χ4n) is 1.86. The normalized spacial score (nSPS) is 11.5. The number of rotatable bonds is 12.